The largest absolute Gasteiger partial charge is 0.469 e. The number of hydrogen-bond donors (Lipinski definition) is 2. The lowest BCUT2D eigenvalue weighted by Crippen LogP contribution is -1.89. The molecule has 0 unspecified atom stereocenters. The van der Waals surface area contributed by atoms with Crippen LogP contribution in [0.25, 0.3) is 0 Å². The van der Waals surface area contributed by atoms with Crippen LogP contribution in [0, 0.1) is 0 Å². The Morgan fingerprint density at radius 2 is 1.71 bits per heavy atom. The van der Waals surface area contributed by atoms with Crippen LogP contribution in [0.15, 0.2) is 43.5 Å². The van der Waals surface area contributed by atoms with Crippen molar-refractivity contribution < 1.29 is 18.9 Å². The van der Waals surface area contributed by atoms with Crippen LogP contribution in [-0.2, 0) is 15.7 Å². The molecule has 0 aliphatic heterocycles. The smallest absolute Gasteiger partial charge is 0.303 e. The summed E-state index contributed by atoms with van der Waals surface area (Å²) < 4.78 is 14.6. The van der Waals surface area contributed by atoms with Gasteiger partial charge in [0.1, 0.15) is 0 Å². The molecule has 78 valence electrons. The van der Waals surface area contributed by atoms with E-state index in [-0.39, 0.29) is 6.61 Å². The highest BCUT2D eigenvalue weighted by Crippen LogP contribution is 2.36. The molecular formula is C9H13O4P. The third-order valence-corrected chi connectivity index (χ3v) is 1.71. The Labute approximate surface area is 83.1 Å². The van der Waals surface area contributed by atoms with Gasteiger partial charge in [-0.25, -0.2) is 4.57 Å². The minimum atomic E-state index is -4.33. The quantitative estimate of drug-likeness (QED) is 0.599. The first-order valence-corrected chi connectivity index (χ1v) is 5.35. The van der Waals surface area contributed by atoms with Gasteiger partial charge < -0.3 is 9.79 Å². The maximum atomic E-state index is 10.3. The van der Waals surface area contributed by atoms with E-state index >= 15 is 0 Å². The van der Waals surface area contributed by atoms with Crippen molar-refractivity contribution >= 4 is 7.82 Å². The molecule has 0 aromatic heterocycles. The molecule has 1 rings (SSSR count). The summed E-state index contributed by atoms with van der Waals surface area (Å²) in [6, 6.07) is 8.84. The molecule has 0 bridgehead atoms. The molecule has 0 spiro atoms. The molecule has 0 saturated heterocycles. The van der Waals surface area contributed by atoms with Crippen LogP contribution >= 0.6 is 7.82 Å². The lowest BCUT2D eigenvalue weighted by Gasteiger charge is -2.03. The fourth-order valence-electron chi connectivity index (χ4n) is 0.733. The van der Waals surface area contributed by atoms with Gasteiger partial charge in [0.25, 0.3) is 0 Å². The van der Waals surface area contributed by atoms with Crippen molar-refractivity contribution in [2.75, 3.05) is 0 Å². The Balaban J connectivity index is 0.000000791. The van der Waals surface area contributed by atoms with Crippen molar-refractivity contribution in [3.8, 4) is 0 Å². The fourth-order valence-corrected chi connectivity index (χ4v) is 1.05. The van der Waals surface area contributed by atoms with E-state index in [0.717, 1.165) is 5.56 Å². The lowest BCUT2D eigenvalue weighted by molar-refractivity contribution is 0.189. The van der Waals surface area contributed by atoms with E-state index in [2.05, 4.69) is 17.7 Å². The molecule has 0 atom stereocenters. The highest BCUT2D eigenvalue weighted by Gasteiger charge is 2.12. The third-order valence-electron chi connectivity index (χ3n) is 1.24. The summed E-state index contributed by atoms with van der Waals surface area (Å²) in [5.74, 6) is 0. The molecule has 5 heteroatoms. The normalized spacial score (nSPS) is 10.1. The van der Waals surface area contributed by atoms with Crippen molar-refractivity contribution in [3.05, 3.63) is 49.1 Å². The molecule has 2 N–H and O–H groups in total. The zero-order valence-corrected chi connectivity index (χ0v) is 8.56. The van der Waals surface area contributed by atoms with E-state index in [1.165, 1.54) is 0 Å². The molecule has 0 aliphatic carbocycles. The molecule has 0 aliphatic rings. The zero-order chi connectivity index (χ0) is 11.0. The standard InChI is InChI=1S/C7H9O4P.C2H4/c8-12(9,10)11-6-7-4-2-1-3-5-7;1-2/h1-5H,6H2,(H2,8,9,10);1-2H2. The van der Waals surface area contributed by atoms with Crippen molar-refractivity contribution in [2.24, 2.45) is 0 Å². The molecule has 0 fully saturated rings. The van der Waals surface area contributed by atoms with Crippen molar-refractivity contribution in [3.63, 3.8) is 0 Å². The molecule has 0 heterocycles. The second-order valence-corrected chi connectivity index (χ2v) is 3.49. The number of rotatable bonds is 3. The highest BCUT2D eigenvalue weighted by molar-refractivity contribution is 7.46. The van der Waals surface area contributed by atoms with E-state index in [1.54, 1.807) is 24.3 Å². The van der Waals surface area contributed by atoms with Gasteiger partial charge in [0.2, 0.25) is 0 Å². The maximum absolute atomic E-state index is 10.3. The lowest BCUT2D eigenvalue weighted by atomic mass is 10.2. The van der Waals surface area contributed by atoms with Crippen LogP contribution < -0.4 is 0 Å². The average Bonchev–Trinajstić information content (AvgIpc) is 2.19. The highest BCUT2D eigenvalue weighted by atomic mass is 31.2. The molecule has 1 aromatic carbocycles. The third kappa shape index (κ3) is 6.57. The summed E-state index contributed by atoms with van der Waals surface area (Å²) in [5, 5.41) is 0. The molecule has 4 nitrogen and oxygen atoms in total. The number of phosphoric ester groups is 1. The summed E-state index contributed by atoms with van der Waals surface area (Å²) >= 11 is 0. The molecule has 14 heavy (non-hydrogen) atoms. The SMILES string of the molecule is C=C.O=P(O)(O)OCc1ccccc1. The zero-order valence-electron chi connectivity index (χ0n) is 7.67. The molecule has 1 aromatic rings. The van der Waals surface area contributed by atoms with Crippen LogP contribution in [0.4, 0.5) is 0 Å². The summed E-state index contributed by atoms with van der Waals surface area (Å²) in [7, 11) is -4.33. The molecular weight excluding hydrogens is 203 g/mol. The topological polar surface area (TPSA) is 66.8 Å². The Morgan fingerprint density at radius 3 is 2.14 bits per heavy atom. The van der Waals surface area contributed by atoms with Gasteiger partial charge >= 0.3 is 7.82 Å². The monoisotopic (exact) mass is 216 g/mol. The van der Waals surface area contributed by atoms with Gasteiger partial charge in [-0.2, -0.15) is 0 Å². The van der Waals surface area contributed by atoms with Crippen LogP contribution in [0.3, 0.4) is 0 Å². The second kappa shape index (κ2) is 6.51. The van der Waals surface area contributed by atoms with Gasteiger partial charge in [-0.05, 0) is 5.56 Å². The fraction of sp³-hybridized carbons (Fsp3) is 0.111. The molecule has 0 amide bonds. The Kier molecular flexibility index (Phi) is 6.08. The minimum absolute atomic E-state index is 0.0644. The van der Waals surface area contributed by atoms with Crippen LogP contribution in [0.5, 0.6) is 0 Å². The van der Waals surface area contributed by atoms with Gasteiger partial charge in [0.15, 0.2) is 0 Å². The number of benzene rings is 1. The summed E-state index contributed by atoms with van der Waals surface area (Å²) in [6.07, 6.45) is 0. The second-order valence-electron chi connectivity index (χ2n) is 2.25. The van der Waals surface area contributed by atoms with Crippen molar-refractivity contribution in [1.29, 1.82) is 0 Å². The Bertz CT molecular complexity index is 293. The van der Waals surface area contributed by atoms with E-state index < -0.39 is 7.82 Å². The first kappa shape index (κ1) is 13.1. The Morgan fingerprint density at radius 1 is 1.21 bits per heavy atom. The van der Waals surface area contributed by atoms with E-state index in [4.69, 9.17) is 9.79 Å². The van der Waals surface area contributed by atoms with Gasteiger partial charge in [-0.3, -0.25) is 4.52 Å². The Hall–Kier alpha value is -0.930. The number of phosphoric acid groups is 1. The first-order chi connectivity index (χ1) is 6.58. The van der Waals surface area contributed by atoms with Gasteiger partial charge in [-0.15, -0.1) is 13.2 Å². The predicted molar refractivity (Wildman–Crippen MR) is 54.5 cm³/mol. The molecule has 0 radical (unpaired) electrons. The van der Waals surface area contributed by atoms with Gasteiger partial charge in [0, 0.05) is 0 Å². The van der Waals surface area contributed by atoms with E-state index in [9.17, 15) is 4.57 Å². The molecule has 0 saturated carbocycles. The van der Waals surface area contributed by atoms with Crippen LogP contribution in [0.1, 0.15) is 5.56 Å². The van der Waals surface area contributed by atoms with Crippen LogP contribution in [-0.4, -0.2) is 9.79 Å². The van der Waals surface area contributed by atoms with Crippen molar-refractivity contribution in [1.82, 2.24) is 0 Å². The van der Waals surface area contributed by atoms with E-state index in [1.807, 2.05) is 6.07 Å². The maximum Gasteiger partial charge on any atom is 0.469 e. The summed E-state index contributed by atoms with van der Waals surface area (Å²) in [5.41, 5.74) is 0.737. The van der Waals surface area contributed by atoms with Crippen LogP contribution in [0.2, 0.25) is 0 Å². The van der Waals surface area contributed by atoms with Gasteiger partial charge in [-0.1, -0.05) is 30.3 Å². The van der Waals surface area contributed by atoms with E-state index in [0.29, 0.717) is 0 Å². The summed E-state index contributed by atoms with van der Waals surface area (Å²) in [6.45, 7) is 5.94. The average molecular weight is 216 g/mol. The summed E-state index contributed by atoms with van der Waals surface area (Å²) in [4.78, 5) is 16.7. The minimum Gasteiger partial charge on any atom is -0.303 e. The number of hydrogen-bond acceptors (Lipinski definition) is 2. The van der Waals surface area contributed by atoms with Crippen molar-refractivity contribution in [2.45, 2.75) is 6.61 Å². The predicted octanol–water partition coefficient (Wildman–Crippen LogP) is 2.10. The van der Waals surface area contributed by atoms with Gasteiger partial charge in [0.05, 0.1) is 6.61 Å². The first-order valence-electron chi connectivity index (χ1n) is 3.82.